The lowest BCUT2D eigenvalue weighted by molar-refractivity contribution is 0.301. The molecule has 0 aliphatic heterocycles. The van der Waals surface area contributed by atoms with Gasteiger partial charge in [0.15, 0.2) is 5.84 Å². The molecule has 0 aromatic carbocycles. The monoisotopic (exact) mass is 293 g/mol. The van der Waals surface area contributed by atoms with Gasteiger partial charge >= 0.3 is 0 Å². The first-order valence-corrected chi connectivity index (χ1v) is 7.69. The highest BCUT2D eigenvalue weighted by molar-refractivity contribution is 6.00. The first-order chi connectivity index (χ1) is 10.1. The van der Waals surface area contributed by atoms with Crippen LogP contribution in [0, 0.1) is 13.8 Å². The van der Waals surface area contributed by atoms with Gasteiger partial charge in [-0.15, -0.1) is 0 Å². The Morgan fingerprint density at radius 2 is 1.90 bits per heavy atom. The molecule has 118 valence electrons. The van der Waals surface area contributed by atoms with E-state index in [1.54, 1.807) is 0 Å². The first kappa shape index (κ1) is 17.3. The molecule has 0 unspecified atom stereocenters. The van der Waals surface area contributed by atoms with Gasteiger partial charge in [0.25, 0.3) is 0 Å². The minimum absolute atomic E-state index is 0.0398. The molecule has 3 N–H and O–H groups in total. The molecule has 1 heterocycles. The highest BCUT2D eigenvalue weighted by Gasteiger charge is 2.14. The third-order valence-electron chi connectivity index (χ3n) is 3.41. The van der Waals surface area contributed by atoms with Gasteiger partial charge in [-0.3, -0.25) is 4.98 Å². The number of pyridine rings is 1. The molecule has 0 amide bonds. The van der Waals surface area contributed by atoms with Crippen molar-refractivity contribution in [1.82, 2.24) is 4.98 Å². The number of aryl methyl sites for hydroxylation is 2. The second kappa shape index (κ2) is 9.21. The summed E-state index contributed by atoms with van der Waals surface area (Å²) in [6.07, 6.45) is 7.28. The lowest BCUT2D eigenvalue weighted by atomic mass is 10.1. The lowest BCUT2D eigenvalue weighted by Gasteiger charge is -2.13. The Balaban J connectivity index is 2.58. The maximum absolute atomic E-state index is 8.88. The largest absolute Gasteiger partial charge is 0.493 e. The van der Waals surface area contributed by atoms with Crippen molar-refractivity contribution < 1.29 is 9.94 Å². The summed E-state index contributed by atoms with van der Waals surface area (Å²) in [5.74, 6) is 0.682. The molecule has 0 bridgehead atoms. The minimum atomic E-state index is 0.0398. The zero-order valence-electron chi connectivity index (χ0n) is 13.4. The lowest BCUT2D eigenvalue weighted by Crippen LogP contribution is -2.18. The highest BCUT2D eigenvalue weighted by Crippen LogP contribution is 2.22. The Morgan fingerprint density at radius 3 is 2.57 bits per heavy atom. The fourth-order valence-corrected chi connectivity index (χ4v) is 2.33. The van der Waals surface area contributed by atoms with Crippen molar-refractivity contribution in [3.05, 3.63) is 23.0 Å². The molecule has 0 radical (unpaired) electrons. The van der Waals surface area contributed by atoms with Crippen LogP contribution < -0.4 is 10.5 Å². The van der Waals surface area contributed by atoms with Gasteiger partial charge in [0, 0.05) is 11.8 Å². The average Bonchev–Trinajstić information content (AvgIpc) is 2.45. The molecule has 0 fully saturated rings. The van der Waals surface area contributed by atoms with Crippen LogP contribution in [0.2, 0.25) is 0 Å². The zero-order chi connectivity index (χ0) is 15.7. The van der Waals surface area contributed by atoms with Gasteiger partial charge in [-0.2, -0.15) is 0 Å². The smallest absolute Gasteiger partial charge is 0.175 e. The van der Waals surface area contributed by atoms with E-state index in [1.807, 2.05) is 19.9 Å². The Hall–Kier alpha value is -1.78. The van der Waals surface area contributed by atoms with Crippen molar-refractivity contribution in [3.63, 3.8) is 0 Å². The standard InChI is InChI=1S/C16H27N3O2/c1-4-5-6-7-8-9-10-21-14-11-12(2)18-13(3)15(14)16(17)19-20/h11,20H,4-10H2,1-3H3,(H2,17,19). The van der Waals surface area contributed by atoms with Crippen LogP contribution in [0.4, 0.5) is 0 Å². The maximum Gasteiger partial charge on any atom is 0.175 e. The molecule has 0 atom stereocenters. The van der Waals surface area contributed by atoms with Gasteiger partial charge in [-0.1, -0.05) is 44.2 Å². The van der Waals surface area contributed by atoms with Crippen LogP contribution in [0.25, 0.3) is 0 Å². The molecule has 0 spiro atoms. The number of ether oxygens (including phenoxy) is 1. The number of hydrogen-bond donors (Lipinski definition) is 2. The van der Waals surface area contributed by atoms with E-state index >= 15 is 0 Å². The fourth-order valence-electron chi connectivity index (χ4n) is 2.33. The number of hydrogen-bond acceptors (Lipinski definition) is 4. The molecule has 1 aromatic rings. The molecule has 5 heteroatoms. The SMILES string of the molecule is CCCCCCCCOc1cc(C)nc(C)c1/C(N)=N/O. The number of aromatic nitrogens is 1. The molecular weight excluding hydrogens is 266 g/mol. The van der Waals surface area contributed by atoms with Crippen molar-refractivity contribution >= 4 is 5.84 Å². The normalized spacial score (nSPS) is 11.7. The van der Waals surface area contributed by atoms with Crippen molar-refractivity contribution in [1.29, 1.82) is 0 Å². The molecule has 0 aliphatic rings. The van der Waals surface area contributed by atoms with Crippen molar-refractivity contribution in [2.75, 3.05) is 6.61 Å². The molecule has 1 rings (SSSR count). The zero-order valence-corrected chi connectivity index (χ0v) is 13.4. The van der Waals surface area contributed by atoms with Gasteiger partial charge < -0.3 is 15.7 Å². The van der Waals surface area contributed by atoms with E-state index in [9.17, 15) is 0 Å². The maximum atomic E-state index is 8.88. The van der Waals surface area contributed by atoms with Gasteiger partial charge in [0.2, 0.25) is 0 Å². The number of oxime groups is 1. The van der Waals surface area contributed by atoms with Gasteiger partial charge in [-0.05, 0) is 20.3 Å². The van der Waals surface area contributed by atoms with Gasteiger partial charge in [0.1, 0.15) is 5.75 Å². The van der Waals surface area contributed by atoms with Crippen molar-refractivity contribution in [3.8, 4) is 5.75 Å². The summed E-state index contributed by atoms with van der Waals surface area (Å²) in [7, 11) is 0. The van der Waals surface area contributed by atoms with Crippen LogP contribution in [0.5, 0.6) is 5.75 Å². The minimum Gasteiger partial charge on any atom is -0.493 e. The van der Waals surface area contributed by atoms with Crippen LogP contribution >= 0.6 is 0 Å². The predicted octanol–water partition coefficient (Wildman–Crippen LogP) is 3.53. The van der Waals surface area contributed by atoms with E-state index in [-0.39, 0.29) is 5.84 Å². The van der Waals surface area contributed by atoms with E-state index in [1.165, 1.54) is 32.1 Å². The van der Waals surface area contributed by atoms with Gasteiger partial charge in [-0.25, -0.2) is 0 Å². The van der Waals surface area contributed by atoms with Crippen LogP contribution in [0.3, 0.4) is 0 Å². The van der Waals surface area contributed by atoms with Crippen LogP contribution in [0.1, 0.15) is 62.4 Å². The summed E-state index contributed by atoms with van der Waals surface area (Å²) in [6, 6.07) is 1.83. The molecule has 0 saturated carbocycles. The predicted molar refractivity (Wildman–Crippen MR) is 85.1 cm³/mol. The topological polar surface area (TPSA) is 80.7 Å². The van der Waals surface area contributed by atoms with Crippen molar-refractivity contribution in [2.24, 2.45) is 10.9 Å². The highest BCUT2D eigenvalue weighted by atomic mass is 16.5. The second-order valence-electron chi connectivity index (χ2n) is 5.32. The van der Waals surface area contributed by atoms with Crippen LogP contribution in [-0.2, 0) is 0 Å². The van der Waals surface area contributed by atoms with Crippen LogP contribution in [-0.4, -0.2) is 22.6 Å². The van der Waals surface area contributed by atoms with E-state index in [0.717, 1.165) is 12.1 Å². The van der Waals surface area contributed by atoms with Crippen molar-refractivity contribution in [2.45, 2.75) is 59.3 Å². The third-order valence-corrected chi connectivity index (χ3v) is 3.41. The molecule has 0 saturated heterocycles. The molecular formula is C16H27N3O2. The Bertz CT molecular complexity index is 473. The first-order valence-electron chi connectivity index (χ1n) is 7.69. The number of unbranched alkanes of at least 4 members (excludes halogenated alkanes) is 5. The van der Waals surface area contributed by atoms with Crippen LogP contribution in [0.15, 0.2) is 11.2 Å². The summed E-state index contributed by atoms with van der Waals surface area (Å²) < 4.78 is 5.82. The molecule has 0 aliphatic carbocycles. The van der Waals surface area contributed by atoms with Gasteiger partial charge in [0.05, 0.1) is 17.9 Å². The summed E-state index contributed by atoms with van der Waals surface area (Å²) >= 11 is 0. The molecule has 21 heavy (non-hydrogen) atoms. The third kappa shape index (κ3) is 5.61. The number of rotatable bonds is 9. The number of amidine groups is 1. The Kier molecular flexibility index (Phi) is 7.58. The number of nitrogens with two attached hydrogens (primary N) is 1. The van der Waals surface area contributed by atoms with E-state index in [0.29, 0.717) is 23.6 Å². The second-order valence-corrected chi connectivity index (χ2v) is 5.32. The average molecular weight is 293 g/mol. The summed E-state index contributed by atoms with van der Waals surface area (Å²) in [5, 5.41) is 11.9. The summed E-state index contributed by atoms with van der Waals surface area (Å²) in [5.41, 5.74) is 7.86. The summed E-state index contributed by atoms with van der Waals surface area (Å²) in [6.45, 7) is 6.59. The number of nitrogens with zero attached hydrogens (tertiary/aromatic N) is 2. The Morgan fingerprint density at radius 1 is 1.24 bits per heavy atom. The molecule has 1 aromatic heterocycles. The summed E-state index contributed by atoms with van der Waals surface area (Å²) in [4.78, 5) is 4.33. The van der Waals surface area contributed by atoms with E-state index in [4.69, 9.17) is 15.7 Å². The fraction of sp³-hybridized carbons (Fsp3) is 0.625. The quantitative estimate of drug-likeness (QED) is 0.240. The van der Waals surface area contributed by atoms with E-state index in [2.05, 4.69) is 17.1 Å². The van der Waals surface area contributed by atoms with E-state index < -0.39 is 0 Å². The molecule has 5 nitrogen and oxygen atoms in total. The Labute approximate surface area is 127 Å².